The maximum atomic E-state index is 10.9. The molecule has 2 heteroatoms. The predicted molar refractivity (Wildman–Crippen MR) is 108 cm³/mol. The van der Waals surface area contributed by atoms with E-state index >= 15 is 0 Å². The minimum atomic E-state index is -0.671. The number of hydrogen-bond donors (Lipinski definition) is 1. The predicted octanol–water partition coefficient (Wildman–Crippen LogP) is 6.02. The molecular weight excluding hydrogens is 320 g/mol. The maximum absolute atomic E-state index is 10.9. The zero-order valence-electron chi connectivity index (χ0n) is 17.0. The first kappa shape index (κ1) is 18.9. The molecule has 0 bridgehead atoms. The van der Waals surface area contributed by atoms with E-state index in [1.807, 2.05) is 12.2 Å². The number of carboxylic acids is 1. The number of fused-ring (bicyclic) bond motifs is 1. The highest BCUT2D eigenvalue weighted by Crippen LogP contribution is 2.47. The summed E-state index contributed by atoms with van der Waals surface area (Å²) in [4.78, 5) is 10.9. The fourth-order valence-corrected chi connectivity index (χ4v) is 4.29. The number of aliphatic carboxylic acids is 1. The van der Waals surface area contributed by atoms with E-state index in [0.717, 1.165) is 6.42 Å². The zero-order valence-corrected chi connectivity index (χ0v) is 17.0. The Morgan fingerprint density at radius 3 is 2.23 bits per heavy atom. The number of carboxylic acid groups (broad SMARTS) is 1. The van der Waals surface area contributed by atoms with E-state index in [9.17, 15) is 4.79 Å². The molecule has 3 rings (SSSR count). The fourth-order valence-electron chi connectivity index (χ4n) is 4.29. The summed E-state index contributed by atoms with van der Waals surface area (Å²) >= 11 is 0. The molecule has 140 valence electrons. The van der Waals surface area contributed by atoms with Gasteiger partial charge in [-0.3, -0.25) is 4.79 Å². The van der Waals surface area contributed by atoms with Crippen molar-refractivity contribution in [3.05, 3.63) is 52.6 Å². The first-order valence-electron chi connectivity index (χ1n) is 9.77. The topological polar surface area (TPSA) is 37.3 Å². The molecule has 0 radical (unpaired) electrons. The number of carbonyl (C=O) groups is 1. The van der Waals surface area contributed by atoms with Gasteiger partial charge in [-0.2, -0.15) is 0 Å². The van der Waals surface area contributed by atoms with Crippen LogP contribution in [0.25, 0.3) is 5.57 Å². The fraction of sp³-hybridized carbons (Fsp3) is 0.542. The first-order valence-corrected chi connectivity index (χ1v) is 9.77. The summed E-state index contributed by atoms with van der Waals surface area (Å²) in [5.41, 5.74) is 7.32. The lowest BCUT2D eigenvalue weighted by molar-refractivity contribution is -0.138. The number of allylic oxidation sites excluding steroid dienone is 4. The zero-order chi connectivity index (χ0) is 19.3. The molecule has 1 unspecified atom stereocenters. The Balaban J connectivity index is 1.90. The van der Waals surface area contributed by atoms with Crippen molar-refractivity contribution in [1.29, 1.82) is 0 Å². The lowest BCUT2D eigenvalue weighted by atomic mass is 9.62. The summed E-state index contributed by atoms with van der Waals surface area (Å²) in [6, 6.07) is 4.80. The van der Waals surface area contributed by atoms with Crippen LogP contribution in [0.5, 0.6) is 0 Å². The van der Waals surface area contributed by atoms with Gasteiger partial charge in [-0.25, -0.2) is 0 Å². The van der Waals surface area contributed by atoms with Crippen molar-refractivity contribution in [2.24, 2.45) is 11.8 Å². The van der Waals surface area contributed by atoms with E-state index in [2.05, 4.69) is 59.8 Å². The van der Waals surface area contributed by atoms with Gasteiger partial charge in [0.1, 0.15) is 0 Å². The van der Waals surface area contributed by atoms with E-state index in [0.29, 0.717) is 0 Å². The van der Waals surface area contributed by atoms with Gasteiger partial charge < -0.3 is 5.11 Å². The number of benzene rings is 1. The lowest BCUT2D eigenvalue weighted by Gasteiger charge is -2.42. The van der Waals surface area contributed by atoms with Crippen molar-refractivity contribution in [2.45, 2.75) is 71.6 Å². The van der Waals surface area contributed by atoms with Crippen LogP contribution in [0.3, 0.4) is 0 Å². The average molecular weight is 353 g/mol. The molecule has 1 aromatic rings. The Morgan fingerprint density at radius 1 is 1.12 bits per heavy atom. The highest BCUT2D eigenvalue weighted by atomic mass is 16.4. The van der Waals surface area contributed by atoms with Crippen LogP contribution in [-0.2, 0) is 15.6 Å². The number of aryl methyl sites for hydroxylation is 1. The van der Waals surface area contributed by atoms with Gasteiger partial charge in [-0.05, 0) is 77.7 Å². The molecule has 0 amide bonds. The summed E-state index contributed by atoms with van der Waals surface area (Å²) in [5, 5.41) is 9.00. The molecule has 2 aliphatic rings. The average Bonchev–Trinajstić information content (AvgIpc) is 3.31. The highest BCUT2D eigenvalue weighted by molar-refractivity contribution is 5.74. The number of hydrogen-bond acceptors (Lipinski definition) is 1. The first-order chi connectivity index (χ1) is 12.0. The van der Waals surface area contributed by atoms with Crippen molar-refractivity contribution in [3.8, 4) is 0 Å². The molecule has 0 aromatic heterocycles. The molecule has 1 saturated carbocycles. The maximum Gasteiger partial charge on any atom is 0.307 e. The summed E-state index contributed by atoms with van der Waals surface area (Å²) in [6.45, 7) is 13.8. The summed E-state index contributed by atoms with van der Waals surface area (Å²) in [5.74, 6) is -0.634. The molecule has 2 aliphatic carbocycles. The normalized spacial score (nSPS) is 26.6. The van der Waals surface area contributed by atoms with Gasteiger partial charge in [0, 0.05) is 0 Å². The van der Waals surface area contributed by atoms with E-state index < -0.39 is 5.97 Å². The van der Waals surface area contributed by atoms with Crippen LogP contribution >= 0.6 is 0 Å². The minimum Gasteiger partial charge on any atom is -0.481 e. The standard InChI is InChI=1S/C24H32O2/c1-15(8-7-9-17-13-19(17)22(25)26)18-14-21-20(12-16(18)2)23(3,4)10-11-24(21,5)6/h7-9,12,14,17,19H,10-11,13H2,1-6H3,(H,25,26)/b9-7+,15-8+/t17?,19-/m1/s1. The second-order valence-electron chi connectivity index (χ2n) is 9.56. The van der Waals surface area contributed by atoms with Crippen LogP contribution in [0.15, 0.2) is 30.4 Å². The van der Waals surface area contributed by atoms with Gasteiger partial charge in [0.05, 0.1) is 5.92 Å². The van der Waals surface area contributed by atoms with E-state index in [-0.39, 0.29) is 22.7 Å². The Kier molecular flexibility index (Phi) is 4.67. The third kappa shape index (κ3) is 3.51. The molecule has 1 N–H and O–H groups in total. The molecule has 1 aromatic carbocycles. The summed E-state index contributed by atoms with van der Waals surface area (Å²) in [7, 11) is 0. The van der Waals surface area contributed by atoms with Gasteiger partial charge in [0.2, 0.25) is 0 Å². The van der Waals surface area contributed by atoms with Crippen LogP contribution in [0, 0.1) is 18.8 Å². The van der Waals surface area contributed by atoms with Crippen LogP contribution < -0.4 is 0 Å². The molecule has 2 nitrogen and oxygen atoms in total. The van der Waals surface area contributed by atoms with E-state index in [4.69, 9.17) is 5.11 Å². The second kappa shape index (κ2) is 6.40. The Morgan fingerprint density at radius 2 is 1.69 bits per heavy atom. The number of rotatable bonds is 4. The van der Waals surface area contributed by atoms with Gasteiger partial charge in [-0.1, -0.05) is 58.1 Å². The second-order valence-corrected chi connectivity index (χ2v) is 9.56. The van der Waals surface area contributed by atoms with Gasteiger partial charge >= 0.3 is 5.97 Å². The molecule has 0 saturated heterocycles. The third-order valence-electron chi connectivity index (χ3n) is 6.48. The molecule has 2 atom stereocenters. The van der Waals surface area contributed by atoms with Gasteiger partial charge in [-0.15, -0.1) is 0 Å². The Bertz CT molecular complexity index is 793. The molecule has 1 fully saturated rings. The van der Waals surface area contributed by atoms with Crippen molar-refractivity contribution in [3.63, 3.8) is 0 Å². The summed E-state index contributed by atoms with van der Waals surface area (Å²) < 4.78 is 0. The van der Waals surface area contributed by atoms with Gasteiger partial charge in [0.25, 0.3) is 0 Å². The van der Waals surface area contributed by atoms with Gasteiger partial charge in [0.15, 0.2) is 0 Å². The summed E-state index contributed by atoms with van der Waals surface area (Å²) in [6.07, 6.45) is 9.44. The lowest BCUT2D eigenvalue weighted by Crippen LogP contribution is -2.34. The largest absolute Gasteiger partial charge is 0.481 e. The quantitative estimate of drug-likeness (QED) is 0.672. The van der Waals surface area contributed by atoms with Crippen LogP contribution in [0.2, 0.25) is 0 Å². The SMILES string of the molecule is C/C(=C\C=C\C1C[C@H]1C(=O)O)c1cc2c(cc1C)C(C)(C)CCC2(C)C. The van der Waals surface area contributed by atoms with Crippen molar-refractivity contribution in [2.75, 3.05) is 0 Å². The molecule has 0 spiro atoms. The highest BCUT2D eigenvalue weighted by Gasteiger charge is 2.41. The van der Waals surface area contributed by atoms with Crippen LogP contribution in [0.1, 0.15) is 76.1 Å². The van der Waals surface area contributed by atoms with Crippen LogP contribution in [-0.4, -0.2) is 11.1 Å². The minimum absolute atomic E-state index is 0.173. The molecular formula is C24H32O2. The monoisotopic (exact) mass is 352 g/mol. The Hall–Kier alpha value is -1.83. The molecule has 0 heterocycles. The smallest absolute Gasteiger partial charge is 0.307 e. The van der Waals surface area contributed by atoms with Crippen molar-refractivity contribution >= 4 is 11.5 Å². The third-order valence-corrected chi connectivity index (χ3v) is 6.48. The molecule has 0 aliphatic heterocycles. The van der Waals surface area contributed by atoms with E-state index in [1.165, 1.54) is 40.7 Å². The molecule has 26 heavy (non-hydrogen) atoms. The van der Waals surface area contributed by atoms with E-state index in [1.54, 1.807) is 0 Å². The van der Waals surface area contributed by atoms with Crippen molar-refractivity contribution < 1.29 is 9.90 Å². The van der Waals surface area contributed by atoms with Crippen molar-refractivity contribution in [1.82, 2.24) is 0 Å². The van der Waals surface area contributed by atoms with Crippen LogP contribution in [0.4, 0.5) is 0 Å². The Labute approximate surface area is 158 Å².